The average molecular weight is 140 g/mol. The molecule has 10 heavy (non-hydrogen) atoms. The Bertz CT molecular complexity index is 154. The van der Waals surface area contributed by atoms with Gasteiger partial charge in [-0.3, -0.25) is 9.59 Å². The van der Waals surface area contributed by atoms with Crippen molar-refractivity contribution in [2.75, 3.05) is 0 Å². The van der Waals surface area contributed by atoms with Crippen molar-refractivity contribution in [3.05, 3.63) is 0 Å². The van der Waals surface area contributed by atoms with Crippen LogP contribution in [0.1, 0.15) is 26.7 Å². The van der Waals surface area contributed by atoms with Gasteiger partial charge in [0, 0.05) is 11.8 Å². The Morgan fingerprint density at radius 3 is 1.80 bits per heavy atom. The molecular formula is C8H12O2. The van der Waals surface area contributed by atoms with Crippen LogP contribution in [-0.2, 0) is 9.59 Å². The molecule has 1 fully saturated rings. The van der Waals surface area contributed by atoms with Gasteiger partial charge in [-0.15, -0.1) is 0 Å². The molecule has 0 radical (unpaired) electrons. The fourth-order valence-corrected chi connectivity index (χ4v) is 1.31. The first-order valence-corrected chi connectivity index (χ1v) is 3.66. The Balaban J connectivity index is 2.63. The quantitative estimate of drug-likeness (QED) is 0.474. The van der Waals surface area contributed by atoms with Crippen molar-refractivity contribution in [1.29, 1.82) is 0 Å². The molecule has 0 saturated heterocycles. The van der Waals surface area contributed by atoms with Crippen LogP contribution in [0.5, 0.6) is 0 Å². The normalized spacial score (nSPS) is 34.6. The summed E-state index contributed by atoms with van der Waals surface area (Å²) in [7, 11) is 0. The van der Waals surface area contributed by atoms with E-state index in [9.17, 15) is 9.59 Å². The summed E-state index contributed by atoms with van der Waals surface area (Å²) in [6, 6.07) is 0. The number of hydrogen-bond acceptors (Lipinski definition) is 2. The van der Waals surface area contributed by atoms with Gasteiger partial charge in [0.25, 0.3) is 0 Å². The molecule has 2 nitrogen and oxygen atoms in total. The van der Waals surface area contributed by atoms with Crippen LogP contribution in [-0.4, -0.2) is 11.6 Å². The highest BCUT2D eigenvalue weighted by molar-refractivity contribution is 6.03. The monoisotopic (exact) mass is 140 g/mol. The van der Waals surface area contributed by atoms with Gasteiger partial charge in [0.05, 0.1) is 6.42 Å². The van der Waals surface area contributed by atoms with E-state index < -0.39 is 0 Å². The number of carbonyl (C=O) groups excluding carboxylic acids is 2. The summed E-state index contributed by atoms with van der Waals surface area (Å²) < 4.78 is 0. The van der Waals surface area contributed by atoms with Crippen LogP contribution in [0.2, 0.25) is 0 Å². The highest BCUT2D eigenvalue weighted by Gasteiger charge is 2.28. The van der Waals surface area contributed by atoms with Crippen LogP contribution < -0.4 is 0 Å². The van der Waals surface area contributed by atoms with E-state index >= 15 is 0 Å². The highest BCUT2D eigenvalue weighted by atomic mass is 16.1. The minimum absolute atomic E-state index is 0.104. The molecule has 0 N–H and O–H groups in total. The van der Waals surface area contributed by atoms with Gasteiger partial charge in [-0.1, -0.05) is 13.8 Å². The summed E-state index contributed by atoms with van der Waals surface area (Å²) in [5.74, 6) is 0.437. The van der Waals surface area contributed by atoms with Crippen LogP contribution in [0.15, 0.2) is 0 Å². The van der Waals surface area contributed by atoms with Gasteiger partial charge in [-0.05, 0) is 6.42 Å². The molecule has 0 unspecified atom stereocenters. The Labute approximate surface area is 60.6 Å². The lowest BCUT2D eigenvalue weighted by Gasteiger charge is -2.20. The second-order valence-corrected chi connectivity index (χ2v) is 3.15. The predicted molar refractivity (Wildman–Crippen MR) is 37.6 cm³/mol. The lowest BCUT2D eigenvalue weighted by molar-refractivity contribution is -0.135. The van der Waals surface area contributed by atoms with Gasteiger partial charge in [0.1, 0.15) is 11.6 Å². The second kappa shape index (κ2) is 2.52. The first-order chi connectivity index (χ1) is 4.61. The lowest BCUT2D eigenvalue weighted by atomic mass is 9.82. The molecule has 0 bridgehead atoms. The average Bonchev–Trinajstić information content (AvgIpc) is 1.84. The van der Waals surface area contributed by atoms with Crippen LogP contribution in [0.25, 0.3) is 0 Å². The Kier molecular flexibility index (Phi) is 1.88. The summed E-state index contributed by atoms with van der Waals surface area (Å²) in [6.45, 7) is 3.79. The summed E-state index contributed by atoms with van der Waals surface area (Å²) >= 11 is 0. The van der Waals surface area contributed by atoms with Crippen molar-refractivity contribution in [2.24, 2.45) is 11.8 Å². The van der Waals surface area contributed by atoms with Crippen molar-refractivity contribution >= 4 is 11.6 Å². The van der Waals surface area contributed by atoms with Crippen molar-refractivity contribution in [2.45, 2.75) is 26.7 Å². The van der Waals surface area contributed by atoms with Crippen molar-refractivity contribution in [1.82, 2.24) is 0 Å². The second-order valence-electron chi connectivity index (χ2n) is 3.15. The zero-order valence-electron chi connectivity index (χ0n) is 6.39. The molecule has 0 amide bonds. The third-order valence-corrected chi connectivity index (χ3v) is 2.15. The molecule has 56 valence electrons. The zero-order valence-corrected chi connectivity index (χ0v) is 6.39. The Morgan fingerprint density at radius 2 is 1.50 bits per heavy atom. The van der Waals surface area contributed by atoms with E-state index in [4.69, 9.17) is 0 Å². The molecule has 1 saturated carbocycles. The van der Waals surface area contributed by atoms with E-state index in [2.05, 4.69) is 0 Å². The third-order valence-electron chi connectivity index (χ3n) is 2.15. The fraction of sp³-hybridized carbons (Fsp3) is 0.750. The topological polar surface area (TPSA) is 34.1 Å². The lowest BCUT2D eigenvalue weighted by Crippen LogP contribution is -2.28. The molecule has 0 heterocycles. The Hall–Kier alpha value is -0.660. The fourth-order valence-electron chi connectivity index (χ4n) is 1.31. The number of rotatable bonds is 0. The minimum Gasteiger partial charge on any atom is -0.299 e. The molecule has 1 aliphatic rings. The highest BCUT2D eigenvalue weighted by Crippen LogP contribution is 2.22. The van der Waals surface area contributed by atoms with Crippen LogP contribution in [0, 0.1) is 11.8 Å². The van der Waals surface area contributed by atoms with Crippen LogP contribution >= 0.6 is 0 Å². The van der Waals surface area contributed by atoms with E-state index in [-0.39, 0.29) is 29.8 Å². The van der Waals surface area contributed by atoms with Gasteiger partial charge in [-0.2, -0.15) is 0 Å². The van der Waals surface area contributed by atoms with Crippen molar-refractivity contribution < 1.29 is 9.59 Å². The predicted octanol–water partition coefficient (Wildman–Crippen LogP) is 1.19. The summed E-state index contributed by atoms with van der Waals surface area (Å²) in [5, 5.41) is 0. The van der Waals surface area contributed by atoms with Gasteiger partial charge in [0.15, 0.2) is 0 Å². The van der Waals surface area contributed by atoms with Crippen LogP contribution in [0.3, 0.4) is 0 Å². The largest absolute Gasteiger partial charge is 0.299 e. The molecule has 2 atom stereocenters. The summed E-state index contributed by atoms with van der Waals surface area (Å²) in [4.78, 5) is 21.9. The molecular weight excluding hydrogens is 128 g/mol. The maximum atomic E-state index is 10.9. The minimum atomic E-state index is 0.104. The van der Waals surface area contributed by atoms with Gasteiger partial charge in [0.2, 0.25) is 0 Å². The molecule has 1 aliphatic carbocycles. The van der Waals surface area contributed by atoms with Gasteiger partial charge in [-0.25, -0.2) is 0 Å². The number of hydrogen-bond donors (Lipinski definition) is 0. The summed E-state index contributed by atoms with van der Waals surface area (Å²) in [5.41, 5.74) is 0. The standard InChI is InChI=1S/C8H12O2/c1-5-3-6(2)8(10)4-7(5)9/h5-6H,3-4H2,1-2H3/t5-,6+. The first-order valence-electron chi connectivity index (χ1n) is 3.66. The Morgan fingerprint density at radius 1 is 1.10 bits per heavy atom. The molecule has 0 spiro atoms. The van der Waals surface area contributed by atoms with Crippen molar-refractivity contribution in [3.8, 4) is 0 Å². The van der Waals surface area contributed by atoms with E-state index in [1.807, 2.05) is 13.8 Å². The number of carbonyl (C=O) groups is 2. The smallest absolute Gasteiger partial charge is 0.143 e. The van der Waals surface area contributed by atoms with Crippen LogP contribution in [0.4, 0.5) is 0 Å². The number of ketones is 2. The molecule has 0 aromatic rings. The SMILES string of the molecule is C[C@@H]1C[C@H](C)C(=O)CC1=O. The molecule has 0 aromatic heterocycles. The third kappa shape index (κ3) is 1.25. The maximum Gasteiger partial charge on any atom is 0.143 e. The van der Waals surface area contributed by atoms with E-state index in [1.54, 1.807) is 0 Å². The van der Waals surface area contributed by atoms with Gasteiger partial charge < -0.3 is 0 Å². The molecule has 1 rings (SSSR count). The van der Waals surface area contributed by atoms with E-state index in [0.29, 0.717) is 0 Å². The molecule has 0 aliphatic heterocycles. The van der Waals surface area contributed by atoms with Gasteiger partial charge >= 0.3 is 0 Å². The first kappa shape index (κ1) is 7.45. The molecule has 2 heteroatoms. The maximum absolute atomic E-state index is 10.9. The van der Waals surface area contributed by atoms with E-state index in [0.717, 1.165) is 6.42 Å². The number of Topliss-reactive ketones (excluding diaryl/α,β-unsaturated/α-hetero) is 2. The molecule has 0 aromatic carbocycles. The van der Waals surface area contributed by atoms with E-state index in [1.165, 1.54) is 0 Å². The summed E-state index contributed by atoms with van der Waals surface area (Å²) in [6.07, 6.45) is 0.917. The zero-order chi connectivity index (χ0) is 7.72. The van der Waals surface area contributed by atoms with Crippen molar-refractivity contribution in [3.63, 3.8) is 0 Å².